The molecule has 86 valence electrons. The summed E-state index contributed by atoms with van der Waals surface area (Å²) in [5, 5.41) is 11.8. The number of hydrogen-bond donors (Lipinski definition) is 2. The second-order valence-electron chi connectivity index (χ2n) is 3.74. The van der Waals surface area contributed by atoms with Gasteiger partial charge in [-0.1, -0.05) is 0 Å². The molecule has 0 aromatic heterocycles. The third-order valence-corrected chi connectivity index (χ3v) is 2.53. The molecule has 16 heavy (non-hydrogen) atoms. The first-order valence-corrected chi connectivity index (χ1v) is 5.30. The van der Waals surface area contributed by atoms with Gasteiger partial charge in [0.1, 0.15) is 0 Å². The maximum absolute atomic E-state index is 8.69. The van der Waals surface area contributed by atoms with Crippen LogP contribution in [0.4, 0.5) is 11.4 Å². The Kier molecular flexibility index (Phi) is 4.62. The summed E-state index contributed by atoms with van der Waals surface area (Å²) >= 11 is 0. The van der Waals surface area contributed by atoms with E-state index in [0.29, 0.717) is 12.1 Å². The zero-order valence-corrected chi connectivity index (χ0v) is 9.83. The molecule has 1 aromatic rings. The van der Waals surface area contributed by atoms with Gasteiger partial charge in [-0.05, 0) is 30.8 Å². The quantitative estimate of drug-likeness (QED) is 0.723. The highest BCUT2D eigenvalue weighted by molar-refractivity contribution is 5.58. The average Bonchev–Trinajstić information content (AvgIpc) is 2.29. The normalized spacial score (nSPS) is 9.81. The molecule has 0 aliphatic heterocycles. The number of nitrogens with two attached hydrogens (primary N) is 1. The maximum Gasteiger partial charge on any atom is 0.0670 e. The van der Waals surface area contributed by atoms with Crippen LogP contribution in [0.25, 0.3) is 0 Å². The van der Waals surface area contributed by atoms with Gasteiger partial charge in [-0.15, -0.1) is 0 Å². The topological polar surface area (TPSA) is 65.1 Å². The summed E-state index contributed by atoms with van der Waals surface area (Å²) < 4.78 is 0. The Hall–Kier alpha value is -1.73. The van der Waals surface area contributed by atoms with Gasteiger partial charge in [0.05, 0.1) is 12.5 Å². The van der Waals surface area contributed by atoms with E-state index in [4.69, 9.17) is 11.0 Å². The van der Waals surface area contributed by atoms with Crippen LogP contribution < -0.4 is 16.0 Å². The lowest BCUT2D eigenvalue weighted by atomic mass is 10.1. The summed E-state index contributed by atoms with van der Waals surface area (Å²) in [6, 6.07) is 7.94. The van der Waals surface area contributed by atoms with Crippen molar-refractivity contribution in [3.05, 3.63) is 23.8 Å². The number of nitrogen functional groups attached to an aromatic ring is 1. The summed E-state index contributed by atoms with van der Waals surface area (Å²) in [4.78, 5) is 2.14. The van der Waals surface area contributed by atoms with Gasteiger partial charge < -0.3 is 16.0 Å². The Morgan fingerprint density at radius 3 is 2.88 bits per heavy atom. The van der Waals surface area contributed by atoms with Crippen LogP contribution in [-0.2, 0) is 6.42 Å². The van der Waals surface area contributed by atoms with Crippen molar-refractivity contribution >= 4 is 11.4 Å². The largest absolute Gasteiger partial charge is 0.398 e. The Bertz CT molecular complexity index is 381. The fraction of sp³-hybridized carbons (Fsp3) is 0.417. The molecule has 4 heteroatoms. The predicted octanol–water partition coefficient (Wildman–Crippen LogP) is 0.990. The molecule has 1 rings (SSSR count). The summed E-state index contributed by atoms with van der Waals surface area (Å²) in [5.74, 6) is 0. The maximum atomic E-state index is 8.69. The van der Waals surface area contributed by atoms with E-state index in [1.54, 1.807) is 0 Å². The number of anilines is 2. The van der Waals surface area contributed by atoms with E-state index >= 15 is 0 Å². The van der Waals surface area contributed by atoms with E-state index in [0.717, 1.165) is 24.3 Å². The number of hydrogen-bond acceptors (Lipinski definition) is 4. The minimum absolute atomic E-state index is 0.361. The molecule has 0 amide bonds. The number of likely N-dealkylation sites (N-methyl/N-ethyl adjacent to an activating group) is 2. The van der Waals surface area contributed by atoms with E-state index in [-0.39, 0.29) is 0 Å². The van der Waals surface area contributed by atoms with Crippen molar-refractivity contribution < 1.29 is 0 Å². The first kappa shape index (κ1) is 12.3. The zero-order chi connectivity index (χ0) is 12.0. The van der Waals surface area contributed by atoms with E-state index in [1.807, 2.05) is 32.3 Å². The van der Waals surface area contributed by atoms with E-state index in [2.05, 4.69) is 16.3 Å². The summed E-state index contributed by atoms with van der Waals surface area (Å²) in [6.45, 7) is 1.85. The number of nitrogens with zero attached hydrogens (tertiary/aromatic N) is 2. The van der Waals surface area contributed by atoms with Gasteiger partial charge in [0, 0.05) is 31.5 Å². The van der Waals surface area contributed by atoms with Crippen molar-refractivity contribution in [1.29, 1.82) is 5.26 Å². The second kappa shape index (κ2) is 5.99. The smallest absolute Gasteiger partial charge is 0.0670 e. The lowest BCUT2D eigenvalue weighted by Gasteiger charge is -2.20. The SMILES string of the molecule is CNCCN(C)c1ccc(N)c(CC#N)c1. The van der Waals surface area contributed by atoms with Crippen LogP contribution >= 0.6 is 0 Å². The van der Waals surface area contributed by atoms with Crippen LogP contribution in [0.3, 0.4) is 0 Å². The number of nitriles is 1. The van der Waals surface area contributed by atoms with Gasteiger partial charge in [-0.2, -0.15) is 5.26 Å². The lowest BCUT2D eigenvalue weighted by Crippen LogP contribution is -2.27. The molecule has 3 N–H and O–H groups in total. The van der Waals surface area contributed by atoms with Crippen LogP contribution in [-0.4, -0.2) is 27.2 Å². The first-order valence-electron chi connectivity index (χ1n) is 5.30. The van der Waals surface area contributed by atoms with Crippen molar-refractivity contribution in [1.82, 2.24) is 5.32 Å². The van der Waals surface area contributed by atoms with Crippen LogP contribution in [0, 0.1) is 11.3 Å². The molecule has 0 saturated heterocycles. The lowest BCUT2D eigenvalue weighted by molar-refractivity contribution is 0.767. The van der Waals surface area contributed by atoms with Gasteiger partial charge in [0.25, 0.3) is 0 Å². The Labute approximate surface area is 96.7 Å². The van der Waals surface area contributed by atoms with Crippen LogP contribution in [0.1, 0.15) is 5.56 Å². The van der Waals surface area contributed by atoms with Crippen molar-refractivity contribution in [3.8, 4) is 6.07 Å². The van der Waals surface area contributed by atoms with E-state index < -0.39 is 0 Å². The Balaban J connectivity index is 2.81. The molecule has 0 atom stereocenters. The fourth-order valence-corrected chi connectivity index (χ4v) is 1.48. The third kappa shape index (κ3) is 3.14. The molecule has 0 bridgehead atoms. The molecular formula is C12H18N4. The molecule has 0 unspecified atom stereocenters. The standard InChI is InChI=1S/C12H18N4/c1-15-7-8-16(2)11-3-4-12(14)10(9-11)5-6-13/h3-4,9,15H,5,7-8,14H2,1-2H3. The molecule has 4 nitrogen and oxygen atoms in total. The molecule has 0 heterocycles. The first-order chi connectivity index (χ1) is 7.69. The van der Waals surface area contributed by atoms with Gasteiger partial charge in [-0.3, -0.25) is 0 Å². The Morgan fingerprint density at radius 1 is 1.50 bits per heavy atom. The van der Waals surface area contributed by atoms with Crippen molar-refractivity contribution in [2.45, 2.75) is 6.42 Å². The van der Waals surface area contributed by atoms with E-state index in [9.17, 15) is 0 Å². The van der Waals surface area contributed by atoms with Crippen LogP contribution in [0.2, 0.25) is 0 Å². The average molecular weight is 218 g/mol. The van der Waals surface area contributed by atoms with Crippen LogP contribution in [0.15, 0.2) is 18.2 Å². The summed E-state index contributed by atoms with van der Waals surface area (Å²) in [5.41, 5.74) is 8.47. The molecule has 0 spiro atoms. The molecule has 0 fully saturated rings. The van der Waals surface area contributed by atoms with Crippen LogP contribution in [0.5, 0.6) is 0 Å². The predicted molar refractivity (Wildman–Crippen MR) is 67.4 cm³/mol. The molecule has 0 radical (unpaired) electrons. The molecule has 1 aromatic carbocycles. The minimum Gasteiger partial charge on any atom is -0.398 e. The fourth-order valence-electron chi connectivity index (χ4n) is 1.48. The van der Waals surface area contributed by atoms with Crippen molar-refractivity contribution in [2.24, 2.45) is 0 Å². The second-order valence-corrected chi connectivity index (χ2v) is 3.74. The number of nitrogens with one attached hydrogen (secondary N) is 1. The van der Waals surface area contributed by atoms with E-state index in [1.165, 1.54) is 0 Å². The highest BCUT2D eigenvalue weighted by Crippen LogP contribution is 2.20. The van der Waals surface area contributed by atoms with Gasteiger partial charge in [0.15, 0.2) is 0 Å². The number of benzene rings is 1. The third-order valence-electron chi connectivity index (χ3n) is 2.53. The monoisotopic (exact) mass is 218 g/mol. The zero-order valence-electron chi connectivity index (χ0n) is 9.83. The van der Waals surface area contributed by atoms with Gasteiger partial charge >= 0.3 is 0 Å². The Morgan fingerprint density at radius 2 is 2.25 bits per heavy atom. The van der Waals surface area contributed by atoms with Crippen molar-refractivity contribution in [3.63, 3.8) is 0 Å². The molecule has 0 saturated carbocycles. The molecule has 0 aliphatic rings. The summed E-state index contributed by atoms with van der Waals surface area (Å²) in [6.07, 6.45) is 0.361. The highest BCUT2D eigenvalue weighted by atomic mass is 15.1. The molecule has 0 aliphatic carbocycles. The van der Waals surface area contributed by atoms with Gasteiger partial charge in [0.2, 0.25) is 0 Å². The minimum atomic E-state index is 0.361. The number of rotatable bonds is 5. The molecular weight excluding hydrogens is 200 g/mol. The highest BCUT2D eigenvalue weighted by Gasteiger charge is 2.04. The van der Waals surface area contributed by atoms with Crippen molar-refractivity contribution in [2.75, 3.05) is 37.8 Å². The summed E-state index contributed by atoms with van der Waals surface area (Å²) in [7, 11) is 3.96. The van der Waals surface area contributed by atoms with Gasteiger partial charge in [-0.25, -0.2) is 0 Å².